The van der Waals surface area contributed by atoms with Crippen LogP contribution >= 0.6 is 0 Å². The van der Waals surface area contributed by atoms with E-state index in [-0.39, 0.29) is 13.2 Å². The van der Waals surface area contributed by atoms with Crippen molar-refractivity contribution >= 4 is 0 Å². The second kappa shape index (κ2) is 10.6. The van der Waals surface area contributed by atoms with Gasteiger partial charge in [-0.1, -0.05) is 38.5 Å². The highest BCUT2D eigenvalue weighted by molar-refractivity contribution is 4.80. The van der Waals surface area contributed by atoms with E-state index in [0.29, 0.717) is 12.1 Å². The molecule has 0 atom stereocenters. The van der Waals surface area contributed by atoms with Crippen molar-refractivity contribution in [2.45, 2.75) is 89.1 Å². The monoisotopic (exact) mass is 312 g/mol. The van der Waals surface area contributed by atoms with Gasteiger partial charge in [-0.3, -0.25) is 0 Å². The third-order valence-corrected chi connectivity index (χ3v) is 5.41. The highest BCUT2D eigenvalue weighted by Gasteiger charge is 2.30. The molecule has 0 aromatic heterocycles. The molecule has 22 heavy (non-hydrogen) atoms. The largest absolute Gasteiger partial charge is 0.396 e. The van der Waals surface area contributed by atoms with Gasteiger partial charge in [-0.2, -0.15) is 0 Å². The molecule has 0 aromatic rings. The molecule has 2 fully saturated rings. The molecule has 2 saturated carbocycles. The van der Waals surface area contributed by atoms with Crippen LogP contribution in [0.25, 0.3) is 0 Å². The maximum Gasteiger partial charge on any atom is 0.0443 e. The van der Waals surface area contributed by atoms with Crippen molar-refractivity contribution in [2.24, 2.45) is 0 Å². The normalized spacial score (nSPS) is 21.8. The minimum absolute atomic E-state index is 0.279. The van der Waals surface area contributed by atoms with E-state index in [1.54, 1.807) is 0 Å². The Kier molecular flexibility index (Phi) is 8.75. The highest BCUT2D eigenvalue weighted by atomic mass is 16.3. The molecular weight excluding hydrogens is 276 g/mol. The van der Waals surface area contributed by atoms with Gasteiger partial charge in [0.05, 0.1) is 0 Å². The predicted molar refractivity (Wildman–Crippen MR) is 90.6 cm³/mol. The van der Waals surface area contributed by atoms with Crippen LogP contribution in [0.15, 0.2) is 0 Å². The summed E-state index contributed by atoms with van der Waals surface area (Å²) in [4.78, 5) is 0. The summed E-state index contributed by atoms with van der Waals surface area (Å²) in [5, 5.41) is 23.8. The van der Waals surface area contributed by atoms with Crippen LogP contribution in [0.3, 0.4) is 0 Å². The van der Waals surface area contributed by atoms with Crippen LogP contribution in [0.4, 0.5) is 0 Å². The number of hydrogen-bond acceptors (Lipinski definition) is 4. The van der Waals surface area contributed by atoms with Gasteiger partial charge in [0.2, 0.25) is 0 Å². The smallest absolute Gasteiger partial charge is 0.0443 e. The number of hydrogen-bond donors (Lipinski definition) is 2. The molecule has 2 aliphatic rings. The topological polar surface area (TPSA) is 46.9 Å². The van der Waals surface area contributed by atoms with Crippen LogP contribution in [-0.4, -0.2) is 58.6 Å². The van der Waals surface area contributed by atoms with E-state index in [1.807, 2.05) is 0 Å². The third kappa shape index (κ3) is 5.48. The zero-order valence-electron chi connectivity index (χ0n) is 14.3. The zero-order chi connectivity index (χ0) is 15.6. The number of rotatable bonds is 9. The summed E-state index contributed by atoms with van der Waals surface area (Å²) in [5.41, 5.74) is 0. The van der Waals surface area contributed by atoms with Crippen molar-refractivity contribution in [1.82, 2.24) is 10.0 Å². The van der Waals surface area contributed by atoms with Crippen LogP contribution in [0.1, 0.15) is 77.0 Å². The van der Waals surface area contributed by atoms with Crippen LogP contribution in [-0.2, 0) is 0 Å². The lowest BCUT2D eigenvalue weighted by molar-refractivity contribution is -0.112. The van der Waals surface area contributed by atoms with E-state index in [2.05, 4.69) is 10.0 Å². The van der Waals surface area contributed by atoms with Gasteiger partial charge in [0.25, 0.3) is 0 Å². The Morgan fingerprint density at radius 2 is 0.955 bits per heavy atom. The lowest BCUT2D eigenvalue weighted by atomic mass is 9.93. The van der Waals surface area contributed by atoms with Gasteiger partial charge in [-0.25, -0.2) is 10.0 Å². The van der Waals surface area contributed by atoms with Crippen molar-refractivity contribution < 1.29 is 10.2 Å². The fourth-order valence-corrected chi connectivity index (χ4v) is 4.27. The first-order valence-electron chi connectivity index (χ1n) is 9.61. The molecule has 0 bridgehead atoms. The van der Waals surface area contributed by atoms with Crippen molar-refractivity contribution in [2.75, 3.05) is 26.3 Å². The summed E-state index contributed by atoms with van der Waals surface area (Å²) < 4.78 is 0. The van der Waals surface area contributed by atoms with Gasteiger partial charge in [0.1, 0.15) is 0 Å². The van der Waals surface area contributed by atoms with Crippen LogP contribution in [0.5, 0.6) is 0 Å². The van der Waals surface area contributed by atoms with Crippen LogP contribution in [0.2, 0.25) is 0 Å². The summed E-state index contributed by atoms with van der Waals surface area (Å²) in [6.45, 7) is 2.51. The van der Waals surface area contributed by atoms with Gasteiger partial charge in [0.15, 0.2) is 0 Å². The van der Waals surface area contributed by atoms with E-state index >= 15 is 0 Å². The molecule has 0 saturated heterocycles. The quantitative estimate of drug-likeness (QED) is 0.643. The van der Waals surface area contributed by atoms with Gasteiger partial charge in [0, 0.05) is 38.4 Å². The molecule has 4 nitrogen and oxygen atoms in total. The SMILES string of the molecule is OCCCN(C1CCCCC1)N(CCCO)C1CCCCC1. The summed E-state index contributed by atoms with van der Waals surface area (Å²) in [7, 11) is 0. The van der Waals surface area contributed by atoms with Crippen LogP contribution < -0.4 is 0 Å². The number of nitrogens with zero attached hydrogens (tertiary/aromatic N) is 2. The van der Waals surface area contributed by atoms with E-state index in [0.717, 1.165) is 25.9 Å². The maximum absolute atomic E-state index is 9.30. The van der Waals surface area contributed by atoms with Crippen molar-refractivity contribution in [1.29, 1.82) is 0 Å². The molecule has 0 radical (unpaired) electrons. The Morgan fingerprint density at radius 1 is 0.591 bits per heavy atom. The predicted octanol–water partition coefficient (Wildman–Crippen LogP) is 2.94. The molecular formula is C18H36N2O2. The summed E-state index contributed by atoms with van der Waals surface area (Å²) in [5.74, 6) is 0. The fraction of sp³-hybridized carbons (Fsp3) is 1.00. The Labute approximate surface area is 136 Å². The minimum atomic E-state index is 0.279. The van der Waals surface area contributed by atoms with Gasteiger partial charge in [-0.15, -0.1) is 0 Å². The molecule has 2 rings (SSSR count). The molecule has 0 aliphatic heterocycles. The summed E-state index contributed by atoms with van der Waals surface area (Å²) in [6, 6.07) is 1.31. The standard InChI is InChI=1S/C18H36N2O2/c21-15-7-13-19(17-9-3-1-4-10-17)20(14-8-16-22)18-11-5-2-6-12-18/h17-18,21-22H,1-16H2. The van der Waals surface area contributed by atoms with Crippen molar-refractivity contribution in [3.05, 3.63) is 0 Å². The fourth-order valence-electron chi connectivity index (χ4n) is 4.27. The molecule has 2 aliphatic carbocycles. The average molecular weight is 312 g/mol. The molecule has 0 amide bonds. The van der Waals surface area contributed by atoms with E-state index in [1.165, 1.54) is 64.2 Å². The van der Waals surface area contributed by atoms with Crippen molar-refractivity contribution in [3.8, 4) is 0 Å². The molecule has 4 heteroatoms. The van der Waals surface area contributed by atoms with Gasteiger partial charge in [-0.05, 0) is 38.5 Å². The third-order valence-electron chi connectivity index (χ3n) is 5.41. The first-order valence-corrected chi connectivity index (χ1v) is 9.61. The first-order chi connectivity index (χ1) is 10.9. The summed E-state index contributed by atoms with van der Waals surface area (Å²) >= 11 is 0. The molecule has 0 aromatic carbocycles. The van der Waals surface area contributed by atoms with Crippen LogP contribution in [0, 0.1) is 0 Å². The highest BCUT2D eigenvalue weighted by Crippen LogP contribution is 2.29. The minimum Gasteiger partial charge on any atom is -0.396 e. The Balaban J connectivity index is 2.05. The zero-order valence-corrected chi connectivity index (χ0v) is 14.3. The summed E-state index contributed by atoms with van der Waals surface area (Å²) in [6.07, 6.45) is 15.1. The lowest BCUT2D eigenvalue weighted by Gasteiger charge is -2.47. The maximum atomic E-state index is 9.30. The number of aliphatic hydroxyl groups is 2. The second-order valence-corrected chi connectivity index (χ2v) is 7.06. The average Bonchev–Trinajstić information content (AvgIpc) is 2.59. The van der Waals surface area contributed by atoms with Gasteiger partial charge < -0.3 is 10.2 Å². The van der Waals surface area contributed by atoms with Gasteiger partial charge >= 0.3 is 0 Å². The second-order valence-electron chi connectivity index (χ2n) is 7.06. The lowest BCUT2D eigenvalue weighted by Crippen LogP contribution is -2.55. The molecule has 2 N–H and O–H groups in total. The number of hydrazine groups is 1. The molecule has 0 unspecified atom stereocenters. The molecule has 130 valence electrons. The Bertz CT molecular complexity index is 248. The molecule has 0 spiro atoms. The Hall–Kier alpha value is -0.160. The molecule has 0 heterocycles. The van der Waals surface area contributed by atoms with E-state index < -0.39 is 0 Å². The van der Waals surface area contributed by atoms with Crippen molar-refractivity contribution in [3.63, 3.8) is 0 Å². The van der Waals surface area contributed by atoms with E-state index in [9.17, 15) is 10.2 Å². The van der Waals surface area contributed by atoms with E-state index in [4.69, 9.17) is 0 Å². The number of aliphatic hydroxyl groups excluding tert-OH is 2. The first kappa shape index (κ1) is 18.2. The Morgan fingerprint density at radius 3 is 1.27 bits per heavy atom.